The summed E-state index contributed by atoms with van der Waals surface area (Å²) in [4.78, 5) is 26.8. The largest absolute Gasteiger partial charge is 0.325 e. The van der Waals surface area contributed by atoms with Gasteiger partial charge in [-0.2, -0.15) is 0 Å². The van der Waals surface area contributed by atoms with E-state index in [0.29, 0.717) is 17.3 Å². The maximum atomic E-state index is 12.7. The number of amides is 2. The van der Waals surface area contributed by atoms with Gasteiger partial charge in [0.2, 0.25) is 11.8 Å². The molecule has 5 heteroatoms. The summed E-state index contributed by atoms with van der Waals surface area (Å²) in [7, 11) is 0. The molecule has 1 saturated heterocycles. The van der Waals surface area contributed by atoms with Crippen molar-refractivity contribution in [2.75, 3.05) is 16.8 Å². The summed E-state index contributed by atoms with van der Waals surface area (Å²) in [6.45, 7) is 8.71. The van der Waals surface area contributed by atoms with Crippen molar-refractivity contribution in [2.45, 2.75) is 39.5 Å². The molecule has 2 aromatic carbocycles. The standard InChI is InChI=1S/C22H25ClN2O2/c1-14-18(23)6-5-7-19(14)24-21(27)15-12-20(26)25(13-15)17-10-8-16(9-11-17)22(2,3)4/h5-11,15H,12-13H2,1-4H3,(H,24,27)/t15-/m1/s1. The van der Waals surface area contributed by atoms with Gasteiger partial charge in [0.05, 0.1) is 5.92 Å². The zero-order chi connectivity index (χ0) is 19.8. The number of nitrogens with zero attached hydrogens (tertiary/aromatic N) is 1. The lowest BCUT2D eigenvalue weighted by atomic mass is 9.87. The van der Waals surface area contributed by atoms with Gasteiger partial charge in [0.25, 0.3) is 0 Å². The summed E-state index contributed by atoms with van der Waals surface area (Å²) in [5.41, 5.74) is 3.62. The quantitative estimate of drug-likeness (QED) is 0.814. The van der Waals surface area contributed by atoms with Gasteiger partial charge < -0.3 is 10.2 Å². The number of hydrogen-bond acceptors (Lipinski definition) is 2. The van der Waals surface area contributed by atoms with E-state index in [2.05, 4.69) is 26.1 Å². The molecule has 0 aliphatic carbocycles. The smallest absolute Gasteiger partial charge is 0.229 e. The number of carbonyl (C=O) groups excluding carboxylic acids is 2. The van der Waals surface area contributed by atoms with Crippen LogP contribution in [0.2, 0.25) is 5.02 Å². The Labute approximate surface area is 165 Å². The Balaban J connectivity index is 1.71. The predicted octanol–water partition coefficient (Wildman–Crippen LogP) is 4.94. The van der Waals surface area contributed by atoms with Crippen LogP contribution < -0.4 is 10.2 Å². The highest BCUT2D eigenvalue weighted by atomic mass is 35.5. The van der Waals surface area contributed by atoms with Gasteiger partial charge in [-0.1, -0.05) is 50.6 Å². The minimum Gasteiger partial charge on any atom is -0.325 e. The molecular formula is C22H25ClN2O2. The first-order valence-corrected chi connectivity index (χ1v) is 9.51. The van der Waals surface area contributed by atoms with E-state index < -0.39 is 0 Å². The molecule has 0 bridgehead atoms. The molecule has 2 aromatic rings. The molecule has 0 spiro atoms. The molecule has 1 heterocycles. The molecular weight excluding hydrogens is 360 g/mol. The third-order valence-corrected chi connectivity index (χ3v) is 5.48. The Morgan fingerprint density at radius 1 is 1.15 bits per heavy atom. The fraction of sp³-hybridized carbons (Fsp3) is 0.364. The van der Waals surface area contributed by atoms with Crippen molar-refractivity contribution >= 4 is 34.8 Å². The molecule has 3 rings (SSSR count). The fourth-order valence-corrected chi connectivity index (χ4v) is 3.43. The van der Waals surface area contributed by atoms with Gasteiger partial charge in [0.1, 0.15) is 0 Å². The van der Waals surface area contributed by atoms with Crippen LogP contribution in [0.5, 0.6) is 0 Å². The number of nitrogens with one attached hydrogen (secondary N) is 1. The highest BCUT2D eigenvalue weighted by Crippen LogP contribution is 2.30. The molecule has 0 radical (unpaired) electrons. The van der Waals surface area contributed by atoms with E-state index in [9.17, 15) is 9.59 Å². The number of anilines is 2. The van der Waals surface area contributed by atoms with Crippen molar-refractivity contribution in [3.63, 3.8) is 0 Å². The van der Waals surface area contributed by atoms with E-state index in [0.717, 1.165) is 11.3 Å². The summed E-state index contributed by atoms with van der Waals surface area (Å²) in [6.07, 6.45) is 0.215. The van der Waals surface area contributed by atoms with Crippen LogP contribution in [0.15, 0.2) is 42.5 Å². The van der Waals surface area contributed by atoms with Crippen molar-refractivity contribution in [2.24, 2.45) is 5.92 Å². The van der Waals surface area contributed by atoms with Gasteiger partial charge in [-0.05, 0) is 47.7 Å². The van der Waals surface area contributed by atoms with Crippen LogP contribution in [0.4, 0.5) is 11.4 Å². The SMILES string of the molecule is Cc1c(Cl)cccc1NC(=O)[C@@H]1CC(=O)N(c2ccc(C(C)(C)C)cc2)C1. The van der Waals surface area contributed by atoms with Crippen LogP contribution in [0.25, 0.3) is 0 Å². The number of halogens is 1. The number of rotatable bonds is 3. The minimum atomic E-state index is -0.377. The van der Waals surface area contributed by atoms with Crippen LogP contribution in [-0.2, 0) is 15.0 Å². The summed E-state index contributed by atoms with van der Waals surface area (Å²) >= 11 is 6.11. The molecule has 1 aliphatic rings. The van der Waals surface area contributed by atoms with Gasteiger partial charge in [-0.15, -0.1) is 0 Å². The lowest BCUT2D eigenvalue weighted by molar-refractivity contribution is -0.122. The second-order valence-corrected chi connectivity index (χ2v) is 8.51. The van der Waals surface area contributed by atoms with Crippen LogP contribution >= 0.6 is 11.6 Å². The molecule has 1 aliphatic heterocycles. The number of hydrogen-bond donors (Lipinski definition) is 1. The molecule has 0 aromatic heterocycles. The Morgan fingerprint density at radius 3 is 2.44 bits per heavy atom. The first-order chi connectivity index (χ1) is 12.7. The average Bonchev–Trinajstić information content (AvgIpc) is 3.00. The molecule has 2 amide bonds. The maximum absolute atomic E-state index is 12.7. The zero-order valence-corrected chi connectivity index (χ0v) is 16.9. The van der Waals surface area contributed by atoms with Crippen LogP contribution in [0.1, 0.15) is 38.3 Å². The maximum Gasteiger partial charge on any atom is 0.229 e. The topological polar surface area (TPSA) is 49.4 Å². The van der Waals surface area contributed by atoms with E-state index in [1.165, 1.54) is 5.56 Å². The normalized spacial score (nSPS) is 17.3. The number of benzene rings is 2. The van der Waals surface area contributed by atoms with Gasteiger partial charge in [-0.3, -0.25) is 9.59 Å². The Kier molecular flexibility index (Phi) is 5.29. The van der Waals surface area contributed by atoms with Crippen molar-refractivity contribution in [1.82, 2.24) is 0 Å². The molecule has 142 valence electrons. The van der Waals surface area contributed by atoms with Crippen LogP contribution in [0, 0.1) is 12.8 Å². The van der Waals surface area contributed by atoms with Gasteiger partial charge in [0, 0.05) is 29.4 Å². The molecule has 0 saturated carbocycles. The zero-order valence-electron chi connectivity index (χ0n) is 16.2. The van der Waals surface area contributed by atoms with Gasteiger partial charge in [-0.25, -0.2) is 0 Å². The minimum absolute atomic E-state index is 0.0264. The number of carbonyl (C=O) groups is 2. The summed E-state index contributed by atoms with van der Waals surface area (Å²) in [5.74, 6) is -0.554. The summed E-state index contributed by atoms with van der Waals surface area (Å²) in [6, 6.07) is 13.4. The van der Waals surface area contributed by atoms with Crippen LogP contribution in [-0.4, -0.2) is 18.4 Å². The Hall–Kier alpha value is -2.33. The van der Waals surface area contributed by atoms with E-state index in [4.69, 9.17) is 11.6 Å². The third-order valence-electron chi connectivity index (χ3n) is 5.07. The first-order valence-electron chi connectivity index (χ1n) is 9.13. The monoisotopic (exact) mass is 384 g/mol. The average molecular weight is 385 g/mol. The first kappa shape index (κ1) is 19.4. The van der Waals surface area contributed by atoms with E-state index >= 15 is 0 Å². The van der Waals surface area contributed by atoms with E-state index in [1.807, 2.05) is 37.3 Å². The second-order valence-electron chi connectivity index (χ2n) is 8.10. The van der Waals surface area contributed by atoms with E-state index in [1.54, 1.807) is 17.0 Å². The molecule has 4 nitrogen and oxygen atoms in total. The summed E-state index contributed by atoms with van der Waals surface area (Å²) in [5, 5.41) is 3.52. The Bertz CT molecular complexity index is 869. The van der Waals surface area contributed by atoms with Gasteiger partial charge >= 0.3 is 0 Å². The molecule has 1 N–H and O–H groups in total. The molecule has 27 heavy (non-hydrogen) atoms. The lowest BCUT2D eigenvalue weighted by Crippen LogP contribution is -2.28. The summed E-state index contributed by atoms with van der Waals surface area (Å²) < 4.78 is 0. The highest BCUT2D eigenvalue weighted by Gasteiger charge is 2.35. The van der Waals surface area contributed by atoms with Crippen molar-refractivity contribution < 1.29 is 9.59 Å². The lowest BCUT2D eigenvalue weighted by Gasteiger charge is -2.21. The highest BCUT2D eigenvalue weighted by molar-refractivity contribution is 6.31. The molecule has 1 atom stereocenters. The van der Waals surface area contributed by atoms with Crippen molar-refractivity contribution in [1.29, 1.82) is 0 Å². The molecule has 1 fully saturated rings. The van der Waals surface area contributed by atoms with Crippen LogP contribution in [0.3, 0.4) is 0 Å². The van der Waals surface area contributed by atoms with E-state index in [-0.39, 0.29) is 29.6 Å². The van der Waals surface area contributed by atoms with Crippen molar-refractivity contribution in [3.05, 3.63) is 58.6 Å². The second kappa shape index (κ2) is 7.35. The molecule has 0 unspecified atom stereocenters. The Morgan fingerprint density at radius 2 is 1.81 bits per heavy atom. The van der Waals surface area contributed by atoms with Gasteiger partial charge in [0.15, 0.2) is 0 Å². The third kappa shape index (κ3) is 4.16. The predicted molar refractivity (Wildman–Crippen MR) is 110 cm³/mol. The fourth-order valence-electron chi connectivity index (χ4n) is 3.25. The van der Waals surface area contributed by atoms with Crippen molar-refractivity contribution in [3.8, 4) is 0 Å².